The van der Waals surface area contributed by atoms with Crippen LogP contribution in [0.1, 0.15) is 5.56 Å². The molecule has 29 heavy (non-hydrogen) atoms. The van der Waals surface area contributed by atoms with Crippen molar-refractivity contribution in [1.82, 2.24) is 4.98 Å². The van der Waals surface area contributed by atoms with Crippen molar-refractivity contribution in [2.75, 3.05) is 4.72 Å². The van der Waals surface area contributed by atoms with Crippen LogP contribution in [0, 0.1) is 6.92 Å². The van der Waals surface area contributed by atoms with Gasteiger partial charge in [-0.05, 0) is 43.3 Å². The molecule has 0 bridgehead atoms. The Morgan fingerprint density at radius 1 is 0.931 bits per heavy atom. The van der Waals surface area contributed by atoms with Gasteiger partial charge in [0.2, 0.25) is 0 Å². The summed E-state index contributed by atoms with van der Waals surface area (Å²) in [7, 11) is -3.82. The summed E-state index contributed by atoms with van der Waals surface area (Å²) in [5.41, 5.74) is 3.29. The maximum absolute atomic E-state index is 13.0. The first-order valence-corrected chi connectivity index (χ1v) is 11.0. The quantitative estimate of drug-likeness (QED) is 0.402. The van der Waals surface area contributed by atoms with Gasteiger partial charge in [-0.25, -0.2) is 8.42 Å². The van der Waals surface area contributed by atoms with E-state index < -0.39 is 10.0 Å². The van der Waals surface area contributed by atoms with Gasteiger partial charge in [0.15, 0.2) is 0 Å². The van der Waals surface area contributed by atoms with Crippen molar-refractivity contribution >= 4 is 49.8 Å². The molecule has 0 aliphatic heterocycles. The topological polar surface area (TPSA) is 59.1 Å². The van der Waals surface area contributed by atoms with Gasteiger partial charge in [-0.15, -0.1) is 0 Å². The fourth-order valence-electron chi connectivity index (χ4n) is 3.12. The van der Waals surface area contributed by atoms with Gasteiger partial charge in [-0.1, -0.05) is 59.1 Å². The number of halogens is 2. The molecule has 0 saturated heterocycles. The van der Waals surface area contributed by atoms with Crippen LogP contribution in [0.4, 0.5) is 5.69 Å². The van der Waals surface area contributed by atoms with Gasteiger partial charge in [0, 0.05) is 26.6 Å². The summed E-state index contributed by atoms with van der Waals surface area (Å²) in [6.07, 6.45) is 1.50. The normalized spacial score (nSPS) is 11.6. The summed E-state index contributed by atoms with van der Waals surface area (Å²) in [5.74, 6) is 0. The molecule has 146 valence electrons. The van der Waals surface area contributed by atoms with E-state index in [4.69, 9.17) is 23.2 Å². The second kappa shape index (κ2) is 7.67. The third-order valence-corrected chi connectivity index (χ3v) is 6.49. The van der Waals surface area contributed by atoms with Crippen LogP contribution in [0.15, 0.2) is 77.8 Å². The molecule has 1 aromatic heterocycles. The van der Waals surface area contributed by atoms with Crippen molar-refractivity contribution in [3.8, 4) is 11.1 Å². The highest BCUT2D eigenvalue weighted by Crippen LogP contribution is 2.39. The molecule has 4 aromatic rings. The van der Waals surface area contributed by atoms with Gasteiger partial charge < -0.3 is 0 Å². The second-order valence-electron chi connectivity index (χ2n) is 6.61. The van der Waals surface area contributed by atoms with Gasteiger partial charge in [-0.2, -0.15) is 0 Å². The smallest absolute Gasteiger partial charge is 0.261 e. The van der Waals surface area contributed by atoms with Crippen LogP contribution in [0.5, 0.6) is 0 Å². The Kier molecular flexibility index (Phi) is 5.21. The van der Waals surface area contributed by atoms with Crippen LogP contribution in [0.2, 0.25) is 10.0 Å². The molecule has 0 amide bonds. The number of rotatable bonds is 4. The number of nitrogens with one attached hydrogen (secondary N) is 1. The molecule has 4 nitrogen and oxygen atoms in total. The van der Waals surface area contributed by atoms with Crippen molar-refractivity contribution in [3.63, 3.8) is 0 Å². The monoisotopic (exact) mass is 442 g/mol. The zero-order valence-corrected chi connectivity index (χ0v) is 17.7. The van der Waals surface area contributed by atoms with Crippen LogP contribution < -0.4 is 4.72 Å². The second-order valence-corrected chi connectivity index (χ2v) is 9.13. The predicted molar refractivity (Wildman–Crippen MR) is 119 cm³/mol. The largest absolute Gasteiger partial charge is 0.277 e. The molecule has 0 aliphatic rings. The molecule has 7 heteroatoms. The molecule has 0 spiro atoms. The number of fused-ring (bicyclic) bond motifs is 1. The van der Waals surface area contributed by atoms with E-state index in [1.54, 1.807) is 48.5 Å². The summed E-state index contributed by atoms with van der Waals surface area (Å²) in [4.78, 5) is 4.57. The first-order chi connectivity index (χ1) is 13.8. The predicted octanol–water partition coefficient (Wildman–Crippen LogP) is 6.32. The zero-order chi connectivity index (χ0) is 20.6. The molecular weight excluding hydrogens is 427 g/mol. The fraction of sp³-hybridized carbons (Fsp3) is 0.0455. The first-order valence-electron chi connectivity index (χ1n) is 8.78. The average molecular weight is 443 g/mol. The van der Waals surface area contributed by atoms with E-state index in [0.29, 0.717) is 37.8 Å². The Balaban J connectivity index is 1.94. The molecule has 0 unspecified atom stereocenters. The molecule has 3 aromatic carbocycles. The van der Waals surface area contributed by atoms with E-state index in [-0.39, 0.29) is 4.90 Å². The van der Waals surface area contributed by atoms with Crippen LogP contribution in [-0.4, -0.2) is 13.4 Å². The molecule has 0 aliphatic carbocycles. The van der Waals surface area contributed by atoms with Crippen molar-refractivity contribution in [3.05, 3.63) is 88.5 Å². The highest BCUT2D eigenvalue weighted by molar-refractivity contribution is 7.92. The first kappa shape index (κ1) is 19.7. The number of aromatic nitrogens is 1. The maximum Gasteiger partial charge on any atom is 0.261 e. The van der Waals surface area contributed by atoms with Gasteiger partial charge in [0.25, 0.3) is 10.0 Å². The minimum Gasteiger partial charge on any atom is -0.277 e. The number of hydrogen-bond donors (Lipinski definition) is 1. The van der Waals surface area contributed by atoms with Gasteiger partial charge in [0.1, 0.15) is 0 Å². The Hall–Kier alpha value is -2.60. The van der Waals surface area contributed by atoms with Crippen molar-refractivity contribution in [2.24, 2.45) is 0 Å². The molecule has 0 atom stereocenters. The lowest BCUT2D eigenvalue weighted by molar-refractivity contribution is 0.601. The minimum absolute atomic E-state index is 0.166. The highest BCUT2D eigenvalue weighted by Gasteiger charge is 2.20. The summed E-state index contributed by atoms with van der Waals surface area (Å²) in [5, 5.41) is 1.72. The summed E-state index contributed by atoms with van der Waals surface area (Å²) >= 11 is 12.7. The minimum atomic E-state index is -3.82. The van der Waals surface area contributed by atoms with Gasteiger partial charge in [0.05, 0.1) is 22.3 Å². The molecule has 0 saturated carbocycles. The van der Waals surface area contributed by atoms with E-state index in [2.05, 4.69) is 9.71 Å². The summed E-state index contributed by atoms with van der Waals surface area (Å²) in [6, 6.07) is 19.2. The molecule has 0 fully saturated rings. The van der Waals surface area contributed by atoms with Crippen molar-refractivity contribution in [1.29, 1.82) is 0 Å². The molecule has 1 heterocycles. The van der Waals surface area contributed by atoms with Gasteiger partial charge in [-0.3, -0.25) is 9.71 Å². The van der Waals surface area contributed by atoms with Gasteiger partial charge >= 0.3 is 0 Å². The number of aryl methyl sites for hydroxylation is 1. The highest BCUT2D eigenvalue weighted by atomic mass is 35.5. The fourth-order valence-corrected chi connectivity index (χ4v) is 4.58. The molecular formula is C22H16Cl2N2O2S. The van der Waals surface area contributed by atoms with E-state index in [9.17, 15) is 8.42 Å². The number of hydrogen-bond acceptors (Lipinski definition) is 3. The Labute approximate surface area is 179 Å². The third-order valence-electron chi connectivity index (χ3n) is 4.55. The molecule has 1 N–H and O–H groups in total. The van der Waals surface area contributed by atoms with Crippen LogP contribution in [0.3, 0.4) is 0 Å². The maximum atomic E-state index is 13.0. The number of anilines is 1. The standard InChI is InChI=1S/C22H16Cl2N2O2S/c1-14-6-9-16(10-7-14)29(27,28)26-21-13-25-20-11-8-15(23)12-18(20)22(21)17-4-2-3-5-19(17)24/h2-13,26H,1H3. The number of benzene rings is 3. The number of sulfonamides is 1. The number of nitrogens with zero attached hydrogens (tertiary/aromatic N) is 1. The lowest BCUT2D eigenvalue weighted by Gasteiger charge is -2.16. The lowest BCUT2D eigenvalue weighted by Crippen LogP contribution is -2.14. The average Bonchev–Trinajstić information content (AvgIpc) is 2.69. The molecule has 4 rings (SSSR count). The van der Waals surface area contributed by atoms with E-state index in [1.807, 2.05) is 25.1 Å². The lowest BCUT2D eigenvalue weighted by atomic mass is 10.00. The molecule has 0 radical (unpaired) electrons. The summed E-state index contributed by atoms with van der Waals surface area (Å²) < 4.78 is 28.6. The Bertz CT molecular complexity index is 1320. The van der Waals surface area contributed by atoms with Crippen LogP contribution in [0.25, 0.3) is 22.0 Å². The van der Waals surface area contributed by atoms with Crippen molar-refractivity contribution in [2.45, 2.75) is 11.8 Å². The van der Waals surface area contributed by atoms with Crippen LogP contribution >= 0.6 is 23.2 Å². The summed E-state index contributed by atoms with van der Waals surface area (Å²) in [6.45, 7) is 1.90. The third kappa shape index (κ3) is 3.94. The number of pyridine rings is 1. The zero-order valence-electron chi connectivity index (χ0n) is 15.4. The van der Waals surface area contributed by atoms with E-state index >= 15 is 0 Å². The Morgan fingerprint density at radius 3 is 2.38 bits per heavy atom. The van der Waals surface area contributed by atoms with E-state index in [0.717, 1.165) is 5.56 Å². The Morgan fingerprint density at radius 2 is 1.66 bits per heavy atom. The van der Waals surface area contributed by atoms with E-state index in [1.165, 1.54) is 6.20 Å². The van der Waals surface area contributed by atoms with Crippen molar-refractivity contribution < 1.29 is 8.42 Å². The SMILES string of the molecule is Cc1ccc(S(=O)(=O)Nc2cnc3ccc(Cl)cc3c2-c2ccccc2Cl)cc1. The van der Waals surface area contributed by atoms with Crippen LogP contribution in [-0.2, 0) is 10.0 Å².